The molecular weight excluding hydrogens is 662 g/mol. The topological polar surface area (TPSA) is 112 Å². The van der Waals surface area contributed by atoms with Gasteiger partial charge in [-0.1, -0.05) is 47.5 Å². The summed E-state index contributed by atoms with van der Waals surface area (Å²) in [5.74, 6) is -0.542. The number of rotatable bonds is 8. The van der Waals surface area contributed by atoms with Gasteiger partial charge in [0, 0.05) is 53.8 Å². The summed E-state index contributed by atoms with van der Waals surface area (Å²) in [5, 5.41) is 30.8. The van der Waals surface area contributed by atoms with Crippen molar-refractivity contribution in [3.8, 4) is 6.07 Å². The Morgan fingerprint density at radius 1 is 1.02 bits per heavy atom. The van der Waals surface area contributed by atoms with Crippen molar-refractivity contribution in [3.05, 3.63) is 105 Å². The number of likely N-dealkylation sites (tertiary alicyclic amines) is 1. The number of halogens is 3. The minimum atomic E-state index is -1.04. The van der Waals surface area contributed by atoms with Gasteiger partial charge < -0.3 is 21.2 Å². The third-order valence-corrected chi connectivity index (χ3v) is 9.77. The zero-order valence-electron chi connectivity index (χ0n) is 28.2. The largest absolute Gasteiger partial charge is 0.386 e. The van der Waals surface area contributed by atoms with Crippen LogP contribution in [0, 0.1) is 17.1 Å². The van der Waals surface area contributed by atoms with Crippen LogP contribution in [0.2, 0.25) is 10.0 Å². The van der Waals surface area contributed by atoms with Gasteiger partial charge in [0.2, 0.25) is 0 Å². The van der Waals surface area contributed by atoms with Crippen LogP contribution >= 0.6 is 23.2 Å². The van der Waals surface area contributed by atoms with E-state index in [9.17, 15) is 14.8 Å². The molecule has 2 aliphatic rings. The summed E-state index contributed by atoms with van der Waals surface area (Å²) in [7, 11) is 0. The molecule has 1 saturated heterocycles. The summed E-state index contributed by atoms with van der Waals surface area (Å²) >= 11 is 12.9. The zero-order valence-corrected chi connectivity index (χ0v) is 29.7. The molecule has 9 nitrogen and oxygen atoms in total. The lowest BCUT2D eigenvalue weighted by molar-refractivity contribution is 0.0570. The first-order valence-electron chi connectivity index (χ1n) is 16.3. The second-order valence-corrected chi connectivity index (χ2v) is 15.0. The van der Waals surface area contributed by atoms with E-state index >= 15 is 0 Å². The molecule has 1 aromatic heterocycles. The number of aliphatic hydroxyl groups is 1. The molecule has 256 valence electrons. The molecule has 0 saturated carbocycles. The second kappa shape index (κ2) is 13.7. The average Bonchev–Trinajstić information content (AvgIpc) is 3.55. The van der Waals surface area contributed by atoms with Crippen LogP contribution in [0.25, 0.3) is 10.9 Å². The van der Waals surface area contributed by atoms with Gasteiger partial charge in [-0.15, -0.1) is 5.53 Å². The van der Waals surface area contributed by atoms with E-state index < -0.39 is 11.4 Å². The van der Waals surface area contributed by atoms with E-state index in [1.165, 1.54) is 18.3 Å². The second-order valence-electron chi connectivity index (χ2n) is 14.1. The highest BCUT2D eigenvalue weighted by Gasteiger charge is 2.32. The Balaban J connectivity index is 1.38. The van der Waals surface area contributed by atoms with Crippen LogP contribution in [0.5, 0.6) is 0 Å². The van der Waals surface area contributed by atoms with Crippen molar-refractivity contribution in [1.82, 2.24) is 25.9 Å². The molecule has 0 aliphatic carbocycles. The highest BCUT2D eigenvalue weighted by Crippen LogP contribution is 2.38. The van der Waals surface area contributed by atoms with Gasteiger partial charge in [0.15, 0.2) is 0 Å². The van der Waals surface area contributed by atoms with Crippen molar-refractivity contribution >= 4 is 51.2 Å². The number of piperidine rings is 1. The highest BCUT2D eigenvalue weighted by molar-refractivity contribution is 6.36. The molecule has 6 rings (SSSR count). The molecular formula is C37H41Cl2FN8O. The van der Waals surface area contributed by atoms with Crippen molar-refractivity contribution in [2.45, 2.75) is 70.7 Å². The molecule has 2 aliphatic heterocycles. The SMILES string of the molecule is CC(C)(O)c1cccc([C@H](Nc2cc(Cl)c3ncc(C#N)c(Nc4ccc(F)c(Cl)c4)c3c2)C2=CN(C3CCN(C(C)(C)C)CC3)NN2)c1. The Kier molecular flexibility index (Phi) is 9.68. The van der Waals surface area contributed by atoms with E-state index in [-0.39, 0.29) is 22.2 Å². The van der Waals surface area contributed by atoms with E-state index in [0.29, 0.717) is 39.0 Å². The molecule has 0 radical (unpaired) electrons. The number of pyridine rings is 1. The number of hydrogen-bond donors (Lipinski definition) is 5. The first kappa shape index (κ1) is 34.7. The molecule has 4 aromatic rings. The van der Waals surface area contributed by atoms with E-state index in [1.54, 1.807) is 26.0 Å². The predicted octanol–water partition coefficient (Wildman–Crippen LogP) is 8.11. The number of hydrazine groups is 2. The van der Waals surface area contributed by atoms with Gasteiger partial charge in [-0.05, 0) is 88.9 Å². The normalized spacial score (nSPS) is 16.7. The minimum Gasteiger partial charge on any atom is -0.386 e. The maximum absolute atomic E-state index is 13.9. The third-order valence-electron chi connectivity index (χ3n) is 9.20. The fourth-order valence-electron chi connectivity index (χ4n) is 6.39. The molecule has 12 heteroatoms. The van der Waals surface area contributed by atoms with Gasteiger partial charge >= 0.3 is 0 Å². The molecule has 5 N–H and O–H groups in total. The van der Waals surface area contributed by atoms with Gasteiger partial charge in [-0.25, -0.2) is 4.39 Å². The van der Waals surface area contributed by atoms with Crippen LogP contribution in [0.15, 0.2) is 72.7 Å². The number of anilines is 3. The molecule has 3 heterocycles. The van der Waals surface area contributed by atoms with Crippen molar-refractivity contribution in [3.63, 3.8) is 0 Å². The predicted molar refractivity (Wildman–Crippen MR) is 195 cm³/mol. The lowest BCUT2D eigenvalue weighted by atomic mass is 9.93. The maximum Gasteiger partial charge on any atom is 0.141 e. The van der Waals surface area contributed by atoms with E-state index in [1.807, 2.05) is 30.3 Å². The summed E-state index contributed by atoms with van der Waals surface area (Å²) in [4.78, 5) is 7.00. The van der Waals surface area contributed by atoms with Gasteiger partial charge in [-0.2, -0.15) is 5.26 Å². The third kappa shape index (κ3) is 7.57. The van der Waals surface area contributed by atoms with Crippen molar-refractivity contribution < 1.29 is 9.50 Å². The lowest BCUT2D eigenvalue weighted by Crippen LogP contribution is -2.52. The Hall–Kier alpha value is -4.11. The summed E-state index contributed by atoms with van der Waals surface area (Å²) in [6.45, 7) is 12.3. The molecule has 1 fully saturated rings. The van der Waals surface area contributed by atoms with Crippen LogP contribution in [0.1, 0.15) is 70.2 Å². The van der Waals surface area contributed by atoms with Crippen LogP contribution in [-0.2, 0) is 5.60 Å². The summed E-state index contributed by atoms with van der Waals surface area (Å²) in [6, 6.07) is 17.9. The number of nitriles is 1. The zero-order chi connectivity index (χ0) is 35.1. The van der Waals surface area contributed by atoms with Crippen LogP contribution in [-0.4, -0.2) is 44.7 Å². The van der Waals surface area contributed by atoms with Gasteiger partial charge in [0.25, 0.3) is 0 Å². The van der Waals surface area contributed by atoms with E-state index in [4.69, 9.17) is 23.2 Å². The number of nitrogens with zero attached hydrogens (tertiary/aromatic N) is 4. The highest BCUT2D eigenvalue weighted by atomic mass is 35.5. The quantitative estimate of drug-likeness (QED) is 0.124. The van der Waals surface area contributed by atoms with Gasteiger partial charge in [0.1, 0.15) is 11.9 Å². The number of benzene rings is 3. The first-order valence-corrected chi connectivity index (χ1v) is 17.1. The maximum atomic E-state index is 13.9. The monoisotopic (exact) mass is 702 g/mol. The smallest absolute Gasteiger partial charge is 0.141 e. The average molecular weight is 704 g/mol. The number of aromatic nitrogens is 1. The molecule has 49 heavy (non-hydrogen) atoms. The molecule has 0 unspecified atom stereocenters. The van der Waals surface area contributed by atoms with Crippen molar-refractivity contribution in [1.29, 1.82) is 5.26 Å². The fraction of sp³-hybridized carbons (Fsp3) is 0.351. The summed E-state index contributed by atoms with van der Waals surface area (Å²) in [5.41, 5.74) is 10.9. The Labute approximate surface area is 296 Å². The summed E-state index contributed by atoms with van der Waals surface area (Å²) in [6.07, 6.45) is 5.60. The van der Waals surface area contributed by atoms with Gasteiger partial charge in [-0.3, -0.25) is 14.9 Å². The van der Waals surface area contributed by atoms with Crippen LogP contribution in [0.4, 0.5) is 21.5 Å². The van der Waals surface area contributed by atoms with Crippen LogP contribution in [0.3, 0.4) is 0 Å². The fourth-order valence-corrected chi connectivity index (χ4v) is 6.84. The number of nitrogens with one attached hydrogen (secondary N) is 4. The summed E-state index contributed by atoms with van der Waals surface area (Å²) < 4.78 is 13.9. The Bertz CT molecular complexity index is 1940. The minimum absolute atomic E-state index is 0.0434. The molecule has 0 bridgehead atoms. The van der Waals surface area contributed by atoms with Gasteiger partial charge in [0.05, 0.1) is 44.2 Å². The van der Waals surface area contributed by atoms with Crippen LogP contribution < -0.4 is 21.6 Å². The molecule has 1 atom stereocenters. The first-order chi connectivity index (χ1) is 23.2. The number of hydrogen-bond acceptors (Lipinski definition) is 9. The molecule has 0 spiro atoms. The van der Waals surface area contributed by atoms with Crippen molar-refractivity contribution in [2.24, 2.45) is 0 Å². The van der Waals surface area contributed by atoms with E-state index in [2.05, 4.69) is 69.5 Å². The molecule has 3 aromatic carbocycles. The lowest BCUT2D eigenvalue weighted by Gasteiger charge is -2.42. The Morgan fingerprint density at radius 2 is 1.76 bits per heavy atom. The van der Waals surface area contributed by atoms with Crippen molar-refractivity contribution in [2.75, 3.05) is 23.7 Å². The Morgan fingerprint density at radius 3 is 2.43 bits per heavy atom. The molecule has 0 amide bonds. The number of fused-ring (bicyclic) bond motifs is 1. The van der Waals surface area contributed by atoms with E-state index in [0.717, 1.165) is 42.8 Å². The standard InChI is InChI=1S/C37H41Cl2FN8O/c1-36(2,3)47-13-11-27(12-14-47)48-21-32(45-46-48)34(22-7-6-8-24(15-22)37(4,5)49)44-26-16-28-33(43-25-9-10-31(40)29(38)17-25)23(19-41)20-42-35(28)30(39)18-26/h6-10,15-18,20-21,27,34,44-46,49H,11-14H2,1-5H3,(H,42,43)/t34-/m0/s1.